The highest BCUT2D eigenvalue weighted by Gasteiger charge is 2.26. The van der Waals surface area contributed by atoms with Crippen LogP contribution in [-0.4, -0.2) is 36.9 Å². The highest BCUT2D eigenvalue weighted by Crippen LogP contribution is 2.29. The Morgan fingerprint density at radius 3 is 2.33 bits per heavy atom. The van der Waals surface area contributed by atoms with Crippen molar-refractivity contribution >= 4 is 26.6 Å². The van der Waals surface area contributed by atoms with Crippen molar-refractivity contribution in [2.75, 3.05) is 13.1 Å². The first-order valence-electron chi connectivity index (χ1n) is 12.3. The number of hydrogen-bond acceptors (Lipinski definition) is 3. The summed E-state index contributed by atoms with van der Waals surface area (Å²) >= 11 is 0. The van der Waals surface area contributed by atoms with Crippen LogP contribution < -0.4 is 0 Å². The van der Waals surface area contributed by atoms with Crippen LogP contribution in [0.15, 0.2) is 90.0 Å². The van der Waals surface area contributed by atoms with Gasteiger partial charge in [-0.2, -0.15) is 0 Å². The molecule has 4 aromatic rings. The van der Waals surface area contributed by atoms with Gasteiger partial charge in [0.25, 0.3) is 0 Å². The first-order valence-corrected chi connectivity index (χ1v) is 13.9. The number of sulfone groups is 1. The molecule has 186 valence electrons. The van der Waals surface area contributed by atoms with Crippen LogP contribution >= 0.6 is 0 Å². The number of halogens is 1. The van der Waals surface area contributed by atoms with Gasteiger partial charge in [0.2, 0.25) is 5.91 Å². The van der Waals surface area contributed by atoms with E-state index in [0.717, 1.165) is 19.3 Å². The van der Waals surface area contributed by atoms with E-state index in [-0.39, 0.29) is 23.1 Å². The molecule has 1 aliphatic heterocycles. The number of carbonyl (C=O) groups is 1. The highest BCUT2D eigenvalue weighted by molar-refractivity contribution is 7.90. The molecule has 0 N–H and O–H groups in total. The Kier molecular flexibility index (Phi) is 6.92. The largest absolute Gasteiger partial charge is 0.341 e. The summed E-state index contributed by atoms with van der Waals surface area (Å²) in [5.41, 5.74) is 2.41. The number of amides is 1. The van der Waals surface area contributed by atoms with Crippen LogP contribution in [0, 0.1) is 11.7 Å². The first kappa shape index (κ1) is 24.3. The maximum absolute atomic E-state index is 13.6. The monoisotopic (exact) mass is 504 g/mol. The van der Waals surface area contributed by atoms with Crippen LogP contribution in [0.25, 0.3) is 10.9 Å². The first-order chi connectivity index (χ1) is 17.4. The Labute approximate surface area is 211 Å². The normalized spacial score (nSPS) is 14.9. The van der Waals surface area contributed by atoms with Crippen LogP contribution in [0.2, 0.25) is 0 Å². The van der Waals surface area contributed by atoms with Gasteiger partial charge in [-0.05, 0) is 54.5 Å². The van der Waals surface area contributed by atoms with Crippen molar-refractivity contribution in [1.82, 2.24) is 9.47 Å². The Hall–Kier alpha value is -3.45. The predicted octanol–water partition coefficient (Wildman–Crippen LogP) is 5.24. The molecule has 5 rings (SSSR count). The fourth-order valence-corrected chi connectivity index (χ4v) is 6.66. The maximum Gasteiger partial charge on any atom is 0.242 e. The predicted molar refractivity (Wildman–Crippen MR) is 139 cm³/mol. The topological polar surface area (TPSA) is 59.4 Å². The summed E-state index contributed by atoms with van der Waals surface area (Å²) < 4.78 is 41.9. The number of fused-ring (bicyclic) bond motifs is 1. The summed E-state index contributed by atoms with van der Waals surface area (Å²) in [7, 11) is -3.75. The fourth-order valence-electron chi connectivity index (χ4n) is 5.10. The van der Waals surface area contributed by atoms with E-state index in [4.69, 9.17) is 0 Å². The van der Waals surface area contributed by atoms with Gasteiger partial charge < -0.3 is 9.47 Å². The van der Waals surface area contributed by atoms with E-state index in [2.05, 4.69) is 24.3 Å². The molecule has 1 aromatic heterocycles. The third-order valence-electron chi connectivity index (χ3n) is 6.97. The number of piperidine rings is 1. The molecule has 7 heteroatoms. The second-order valence-corrected chi connectivity index (χ2v) is 11.5. The molecular formula is C29H29FN2O3S. The maximum atomic E-state index is 13.6. The van der Waals surface area contributed by atoms with Gasteiger partial charge >= 0.3 is 0 Å². The quantitative estimate of drug-likeness (QED) is 0.346. The summed E-state index contributed by atoms with van der Waals surface area (Å²) in [6.45, 7) is 1.50. The summed E-state index contributed by atoms with van der Waals surface area (Å²) in [5, 5.41) is 0.572. The number of nitrogens with zero attached hydrogens (tertiary/aromatic N) is 2. The Morgan fingerprint density at radius 2 is 1.58 bits per heavy atom. The van der Waals surface area contributed by atoms with Gasteiger partial charge in [-0.1, -0.05) is 60.7 Å². The zero-order valence-corrected chi connectivity index (χ0v) is 20.8. The van der Waals surface area contributed by atoms with Crippen LogP contribution in [0.3, 0.4) is 0 Å². The standard InChI is InChI=1S/C29H29FN2O3S/c30-25-10-6-9-24(18-25)21-36(34,35)28-19-32(27-12-5-4-11-26(27)28)20-29(33)31-15-13-23(14-16-31)17-22-7-2-1-3-8-22/h1-12,18-19,23H,13-17,20-21H2. The summed E-state index contributed by atoms with van der Waals surface area (Å²) in [6, 6.07) is 23.3. The van der Waals surface area contributed by atoms with Gasteiger partial charge in [0, 0.05) is 30.2 Å². The van der Waals surface area contributed by atoms with Crippen molar-refractivity contribution in [3.63, 3.8) is 0 Å². The second kappa shape index (κ2) is 10.3. The molecule has 36 heavy (non-hydrogen) atoms. The smallest absolute Gasteiger partial charge is 0.242 e. The number of benzene rings is 3. The second-order valence-electron chi connectivity index (χ2n) is 9.54. The molecular weight excluding hydrogens is 475 g/mol. The Balaban J connectivity index is 1.30. The van der Waals surface area contributed by atoms with Gasteiger partial charge in [-0.25, -0.2) is 12.8 Å². The number of carbonyl (C=O) groups excluding carboxylic acids is 1. The molecule has 0 radical (unpaired) electrons. The van der Waals surface area contributed by atoms with E-state index >= 15 is 0 Å². The van der Waals surface area contributed by atoms with E-state index in [0.29, 0.717) is 35.5 Å². The third kappa shape index (κ3) is 5.36. The molecule has 0 bridgehead atoms. The van der Waals surface area contributed by atoms with Crippen molar-refractivity contribution in [3.05, 3.63) is 102 Å². The Morgan fingerprint density at radius 1 is 0.889 bits per heavy atom. The van der Waals surface area contributed by atoms with Crippen molar-refractivity contribution in [3.8, 4) is 0 Å². The summed E-state index contributed by atoms with van der Waals surface area (Å²) in [4.78, 5) is 15.2. The zero-order valence-electron chi connectivity index (χ0n) is 20.0. The molecule has 0 atom stereocenters. The molecule has 1 amide bonds. The lowest BCUT2D eigenvalue weighted by atomic mass is 9.90. The minimum atomic E-state index is -3.75. The Bertz CT molecular complexity index is 1470. The van der Waals surface area contributed by atoms with Crippen molar-refractivity contribution in [2.24, 2.45) is 5.92 Å². The van der Waals surface area contributed by atoms with Crippen LogP contribution in [0.1, 0.15) is 24.0 Å². The minimum Gasteiger partial charge on any atom is -0.341 e. The molecule has 0 saturated carbocycles. The fraction of sp³-hybridized carbons (Fsp3) is 0.276. The number of rotatable bonds is 7. The van der Waals surface area contributed by atoms with Gasteiger partial charge in [0.05, 0.1) is 10.6 Å². The minimum absolute atomic E-state index is 0.0111. The lowest BCUT2D eigenvalue weighted by Gasteiger charge is -2.32. The van der Waals surface area contributed by atoms with E-state index in [1.807, 2.05) is 23.1 Å². The molecule has 0 aliphatic carbocycles. The van der Waals surface area contributed by atoms with Gasteiger partial charge in [0.1, 0.15) is 12.4 Å². The number of aromatic nitrogens is 1. The van der Waals surface area contributed by atoms with E-state index in [1.54, 1.807) is 29.0 Å². The van der Waals surface area contributed by atoms with Crippen LogP contribution in [-0.2, 0) is 33.4 Å². The summed E-state index contributed by atoms with van der Waals surface area (Å²) in [5.74, 6) is -0.226. The average Bonchev–Trinajstić information content (AvgIpc) is 3.24. The summed E-state index contributed by atoms with van der Waals surface area (Å²) in [6.07, 6.45) is 4.50. The molecule has 2 heterocycles. The number of para-hydroxylation sites is 1. The molecule has 5 nitrogen and oxygen atoms in total. The highest BCUT2D eigenvalue weighted by atomic mass is 32.2. The zero-order chi connectivity index (χ0) is 25.1. The lowest BCUT2D eigenvalue weighted by molar-refractivity contribution is -0.133. The van der Waals surface area contributed by atoms with Gasteiger partial charge in [-0.3, -0.25) is 4.79 Å². The van der Waals surface area contributed by atoms with Gasteiger partial charge in [0.15, 0.2) is 9.84 Å². The van der Waals surface area contributed by atoms with E-state index < -0.39 is 15.7 Å². The third-order valence-corrected chi connectivity index (χ3v) is 8.68. The van der Waals surface area contributed by atoms with E-state index in [9.17, 15) is 17.6 Å². The van der Waals surface area contributed by atoms with Crippen molar-refractivity contribution in [2.45, 2.75) is 36.5 Å². The molecule has 1 saturated heterocycles. The number of likely N-dealkylation sites (tertiary alicyclic amines) is 1. The molecule has 1 aliphatic rings. The lowest BCUT2D eigenvalue weighted by Crippen LogP contribution is -2.40. The van der Waals surface area contributed by atoms with Crippen molar-refractivity contribution < 1.29 is 17.6 Å². The van der Waals surface area contributed by atoms with Crippen molar-refractivity contribution in [1.29, 1.82) is 0 Å². The van der Waals surface area contributed by atoms with Crippen LogP contribution in [0.5, 0.6) is 0 Å². The average molecular weight is 505 g/mol. The molecule has 0 unspecified atom stereocenters. The van der Waals surface area contributed by atoms with Gasteiger partial charge in [-0.15, -0.1) is 0 Å². The number of hydrogen-bond donors (Lipinski definition) is 0. The molecule has 0 spiro atoms. The van der Waals surface area contributed by atoms with Crippen LogP contribution in [0.4, 0.5) is 4.39 Å². The molecule has 3 aromatic carbocycles. The SMILES string of the molecule is O=C(Cn1cc(S(=O)(=O)Cc2cccc(F)c2)c2ccccc21)N1CCC(Cc2ccccc2)CC1. The molecule has 1 fully saturated rings. The van der Waals surface area contributed by atoms with E-state index in [1.165, 1.54) is 23.8 Å².